The van der Waals surface area contributed by atoms with Crippen molar-refractivity contribution in [2.75, 3.05) is 24.7 Å². The molecule has 2 saturated heterocycles. The van der Waals surface area contributed by atoms with Crippen molar-refractivity contribution in [3.63, 3.8) is 0 Å². The second-order valence-electron chi connectivity index (χ2n) is 9.88. The minimum absolute atomic E-state index is 0.0243. The van der Waals surface area contributed by atoms with E-state index in [2.05, 4.69) is 10.2 Å². The van der Waals surface area contributed by atoms with Crippen LogP contribution in [0.2, 0.25) is 0 Å². The first-order valence-electron chi connectivity index (χ1n) is 11.8. The quantitative estimate of drug-likeness (QED) is 0.476. The van der Waals surface area contributed by atoms with Crippen LogP contribution in [0.25, 0.3) is 11.3 Å². The van der Waals surface area contributed by atoms with Crippen molar-refractivity contribution < 1.29 is 31.1 Å². The van der Waals surface area contributed by atoms with Crippen LogP contribution in [0.5, 0.6) is 0 Å². The number of benzene rings is 1. The smallest absolute Gasteiger partial charge is 0.381 e. The first-order valence-corrected chi connectivity index (χ1v) is 11.8. The predicted octanol–water partition coefficient (Wildman–Crippen LogP) is 4.94. The summed E-state index contributed by atoms with van der Waals surface area (Å²) in [7, 11) is 0. The molecular weight excluding hydrogens is 474 g/mol. The summed E-state index contributed by atoms with van der Waals surface area (Å²) in [5, 5.41) is 7.73. The van der Waals surface area contributed by atoms with E-state index in [9.17, 15) is 26.3 Å². The molecule has 11 heteroatoms. The van der Waals surface area contributed by atoms with Gasteiger partial charge in [-0.2, -0.15) is 13.2 Å². The molecule has 1 aromatic carbocycles. The third-order valence-electron chi connectivity index (χ3n) is 7.67. The Labute approximate surface area is 198 Å². The van der Waals surface area contributed by atoms with E-state index in [-0.39, 0.29) is 35.8 Å². The summed E-state index contributed by atoms with van der Waals surface area (Å²) in [6.07, 6.45) is -0.942. The molecule has 190 valence electrons. The van der Waals surface area contributed by atoms with Crippen LogP contribution in [-0.2, 0) is 10.9 Å². The van der Waals surface area contributed by atoms with Crippen molar-refractivity contribution in [3.8, 4) is 11.3 Å². The van der Waals surface area contributed by atoms with E-state index in [1.165, 1.54) is 0 Å². The predicted molar refractivity (Wildman–Crippen MR) is 116 cm³/mol. The van der Waals surface area contributed by atoms with Gasteiger partial charge in [0.05, 0.1) is 5.69 Å². The minimum atomic E-state index is -4.81. The molecule has 1 saturated carbocycles. The fourth-order valence-electron chi connectivity index (χ4n) is 6.03. The minimum Gasteiger partial charge on any atom is -0.381 e. The normalized spacial score (nSPS) is 27.5. The van der Waals surface area contributed by atoms with Gasteiger partial charge in [0, 0.05) is 43.5 Å². The maximum atomic E-state index is 14.3. The number of anilines is 1. The van der Waals surface area contributed by atoms with Gasteiger partial charge in [-0.15, -0.1) is 10.2 Å². The summed E-state index contributed by atoms with van der Waals surface area (Å²) in [6, 6.07) is 1.28. The molecule has 1 aromatic heterocycles. The standard InChI is InChI=1S/C24H26F6N4O/c25-18-10-20(27)19(26)8-16(18)21-9-17(24(28,29)30)23(33-32-21)34-11-13-6-14(31)7-15(13)22(34)5-12-1-3-35-4-2-12/h8-10,12-15,22H,1-7,11,31H2/t13-,14+,15+,22+/m1/s1. The molecule has 5 rings (SSSR count). The average Bonchev–Trinajstić information content (AvgIpc) is 3.33. The van der Waals surface area contributed by atoms with Crippen LogP contribution in [0.4, 0.5) is 32.2 Å². The van der Waals surface area contributed by atoms with E-state index >= 15 is 0 Å². The van der Waals surface area contributed by atoms with E-state index in [0.29, 0.717) is 44.2 Å². The van der Waals surface area contributed by atoms with Crippen molar-refractivity contribution in [3.05, 3.63) is 41.2 Å². The lowest BCUT2D eigenvalue weighted by molar-refractivity contribution is -0.137. The van der Waals surface area contributed by atoms with Gasteiger partial charge in [0.2, 0.25) is 0 Å². The van der Waals surface area contributed by atoms with Crippen LogP contribution in [0.3, 0.4) is 0 Å². The SMILES string of the molecule is N[C@H]1C[C@@H]2CN(c3nnc(-c4cc(F)c(F)cc4F)cc3C(F)(F)F)[C@@H](CC3CCOCC3)[C@H]2C1. The van der Waals surface area contributed by atoms with Gasteiger partial charge in [0.15, 0.2) is 17.5 Å². The largest absolute Gasteiger partial charge is 0.420 e. The Morgan fingerprint density at radius 2 is 1.69 bits per heavy atom. The Morgan fingerprint density at radius 3 is 2.40 bits per heavy atom. The Bertz CT molecular complexity index is 1090. The van der Waals surface area contributed by atoms with Crippen LogP contribution in [0, 0.1) is 35.2 Å². The number of ether oxygens (including phenoxy) is 1. The van der Waals surface area contributed by atoms with E-state index in [0.717, 1.165) is 25.7 Å². The van der Waals surface area contributed by atoms with Gasteiger partial charge in [-0.3, -0.25) is 0 Å². The number of halogens is 6. The number of nitrogens with two attached hydrogens (primary N) is 1. The van der Waals surface area contributed by atoms with Gasteiger partial charge < -0.3 is 15.4 Å². The number of fused-ring (bicyclic) bond motifs is 1. The van der Waals surface area contributed by atoms with E-state index in [1.54, 1.807) is 4.90 Å². The number of hydrogen-bond donors (Lipinski definition) is 1. The lowest BCUT2D eigenvalue weighted by Gasteiger charge is -2.34. The summed E-state index contributed by atoms with van der Waals surface area (Å²) >= 11 is 0. The molecule has 0 amide bonds. The van der Waals surface area contributed by atoms with Gasteiger partial charge in [0.25, 0.3) is 0 Å². The monoisotopic (exact) mass is 500 g/mol. The maximum Gasteiger partial charge on any atom is 0.420 e. The lowest BCUT2D eigenvalue weighted by atomic mass is 9.84. The highest BCUT2D eigenvalue weighted by Crippen LogP contribution is 2.48. The van der Waals surface area contributed by atoms with E-state index in [4.69, 9.17) is 10.5 Å². The Balaban J connectivity index is 1.53. The van der Waals surface area contributed by atoms with Gasteiger partial charge in [-0.05, 0) is 62.0 Å². The van der Waals surface area contributed by atoms with Crippen LogP contribution in [-0.4, -0.2) is 42.0 Å². The topological polar surface area (TPSA) is 64.3 Å². The fraction of sp³-hybridized carbons (Fsp3) is 0.583. The third kappa shape index (κ3) is 4.72. The van der Waals surface area contributed by atoms with Crippen molar-refractivity contribution in [1.82, 2.24) is 10.2 Å². The van der Waals surface area contributed by atoms with Crippen LogP contribution in [0.1, 0.15) is 37.7 Å². The fourth-order valence-corrected chi connectivity index (χ4v) is 6.03. The number of nitrogens with zero attached hydrogens (tertiary/aromatic N) is 3. The summed E-state index contributed by atoms with van der Waals surface area (Å²) in [6.45, 7) is 1.64. The average molecular weight is 500 g/mol. The van der Waals surface area contributed by atoms with Crippen molar-refractivity contribution >= 4 is 5.82 Å². The van der Waals surface area contributed by atoms with Gasteiger partial charge in [-0.25, -0.2) is 13.2 Å². The van der Waals surface area contributed by atoms with E-state index < -0.39 is 40.4 Å². The molecule has 3 fully saturated rings. The zero-order valence-corrected chi connectivity index (χ0v) is 18.9. The molecule has 0 radical (unpaired) electrons. The summed E-state index contributed by atoms with van der Waals surface area (Å²) in [5.41, 5.74) is 4.01. The molecule has 35 heavy (non-hydrogen) atoms. The van der Waals surface area contributed by atoms with Crippen molar-refractivity contribution in [1.29, 1.82) is 0 Å². The van der Waals surface area contributed by atoms with Crippen LogP contribution < -0.4 is 10.6 Å². The Hall–Kier alpha value is -2.40. The molecule has 1 aliphatic carbocycles. The molecule has 2 N–H and O–H groups in total. The molecular formula is C24H26F6N4O. The first kappa shape index (κ1) is 24.3. The highest BCUT2D eigenvalue weighted by atomic mass is 19.4. The molecule has 0 spiro atoms. The molecule has 3 heterocycles. The van der Waals surface area contributed by atoms with Gasteiger partial charge in [0.1, 0.15) is 11.4 Å². The third-order valence-corrected chi connectivity index (χ3v) is 7.67. The zero-order valence-electron chi connectivity index (χ0n) is 18.9. The summed E-state index contributed by atoms with van der Waals surface area (Å²) in [4.78, 5) is 1.69. The number of hydrogen-bond acceptors (Lipinski definition) is 5. The van der Waals surface area contributed by atoms with Crippen LogP contribution >= 0.6 is 0 Å². The van der Waals surface area contributed by atoms with Gasteiger partial charge in [-0.1, -0.05) is 0 Å². The molecule has 0 unspecified atom stereocenters. The number of rotatable bonds is 4. The highest BCUT2D eigenvalue weighted by Gasteiger charge is 2.49. The molecule has 5 nitrogen and oxygen atoms in total. The maximum absolute atomic E-state index is 14.3. The highest BCUT2D eigenvalue weighted by molar-refractivity contribution is 5.64. The second-order valence-corrected chi connectivity index (χ2v) is 9.88. The molecule has 0 bridgehead atoms. The molecule has 2 aliphatic heterocycles. The molecule has 3 aliphatic rings. The lowest BCUT2D eigenvalue weighted by Crippen LogP contribution is -2.39. The second kappa shape index (κ2) is 9.24. The van der Waals surface area contributed by atoms with Crippen molar-refractivity contribution in [2.24, 2.45) is 23.5 Å². The molecule has 4 atom stereocenters. The zero-order chi connectivity index (χ0) is 24.9. The Morgan fingerprint density at radius 1 is 0.971 bits per heavy atom. The van der Waals surface area contributed by atoms with Crippen molar-refractivity contribution in [2.45, 2.75) is 50.4 Å². The number of aromatic nitrogens is 2. The van der Waals surface area contributed by atoms with Crippen LogP contribution in [0.15, 0.2) is 18.2 Å². The first-order chi connectivity index (χ1) is 16.6. The molecule has 2 aromatic rings. The number of alkyl halides is 3. The summed E-state index contributed by atoms with van der Waals surface area (Å²) in [5.74, 6) is -3.74. The summed E-state index contributed by atoms with van der Waals surface area (Å²) < 4.78 is 89.4. The van der Waals surface area contributed by atoms with E-state index in [1.807, 2.05) is 0 Å². The Kier molecular flexibility index (Phi) is 6.41. The van der Waals surface area contributed by atoms with Gasteiger partial charge >= 0.3 is 6.18 Å².